The molecule has 0 aliphatic rings. The second-order valence-corrected chi connectivity index (χ2v) is 3.57. The van der Waals surface area contributed by atoms with Gasteiger partial charge >= 0.3 is 0 Å². The van der Waals surface area contributed by atoms with Crippen molar-refractivity contribution in [2.45, 2.75) is 25.3 Å². The first-order valence-corrected chi connectivity index (χ1v) is 5.11. The van der Waals surface area contributed by atoms with Crippen molar-refractivity contribution in [1.82, 2.24) is 0 Å². The molecule has 0 N–H and O–H groups in total. The van der Waals surface area contributed by atoms with Crippen molar-refractivity contribution in [3.63, 3.8) is 0 Å². The van der Waals surface area contributed by atoms with Gasteiger partial charge in [0, 0.05) is 11.3 Å². The van der Waals surface area contributed by atoms with E-state index in [9.17, 15) is 14.5 Å². The van der Waals surface area contributed by atoms with Crippen molar-refractivity contribution < 1.29 is 9.31 Å². The van der Waals surface area contributed by atoms with Crippen LogP contribution in [0.5, 0.6) is 0 Å². The standard InChI is InChI=1S/C12H14FNO2/c1-3-11(12(4-2)14(15)16)9-5-7-10(13)8-6-9/h3,5-8,11-12H,1,4H2,2H3. The Morgan fingerprint density at radius 1 is 1.50 bits per heavy atom. The molecule has 0 radical (unpaired) electrons. The summed E-state index contributed by atoms with van der Waals surface area (Å²) in [6, 6.07) is 5.03. The van der Waals surface area contributed by atoms with Crippen LogP contribution in [0.3, 0.4) is 0 Å². The monoisotopic (exact) mass is 223 g/mol. The Balaban J connectivity index is 3.01. The predicted octanol–water partition coefficient (Wildman–Crippen LogP) is 3.15. The van der Waals surface area contributed by atoms with E-state index in [0.717, 1.165) is 5.56 Å². The summed E-state index contributed by atoms with van der Waals surface area (Å²) in [5, 5.41) is 10.9. The third-order valence-electron chi connectivity index (χ3n) is 2.61. The Morgan fingerprint density at radius 3 is 2.44 bits per heavy atom. The molecule has 0 aromatic heterocycles. The summed E-state index contributed by atoms with van der Waals surface area (Å²) in [6.45, 7) is 5.37. The molecule has 86 valence electrons. The van der Waals surface area contributed by atoms with Crippen molar-refractivity contribution in [1.29, 1.82) is 0 Å². The van der Waals surface area contributed by atoms with Gasteiger partial charge in [-0.05, 0) is 17.7 Å². The zero-order valence-electron chi connectivity index (χ0n) is 9.10. The first-order valence-electron chi connectivity index (χ1n) is 5.11. The lowest BCUT2D eigenvalue weighted by molar-refractivity contribution is -0.525. The van der Waals surface area contributed by atoms with Gasteiger partial charge in [-0.2, -0.15) is 0 Å². The van der Waals surface area contributed by atoms with E-state index >= 15 is 0 Å². The Morgan fingerprint density at radius 2 is 2.06 bits per heavy atom. The van der Waals surface area contributed by atoms with Crippen LogP contribution >= 0.6 is 0 Å². The third kappa shape index (κ3) is 2.66. The third-order valence-corrected chi connectivity index (χ3v) is 2.61. The molecule has 2 atom stereocenters. The average molecular weight is 223 g/mol. The summed E-state index contributed by atoms with van der Waals surface area (Å²) in [5.74, 6) is -0.721. The highest BCUT2D eigenvalue weighted by atomic mass is 19.1. The maximum Gasteiger partial charge on any atom is 0.223 e. The summed E-state index contributed by atoms with van der Waals surface area (Å²) >= 11 is 0. The Bertz CT molecular complexity index is 375. The Hall–Kier alpha value is -1.71. The zero-order valence-corrected chi connectivity index (χ0v) is 9.10. The molecule has 1 rings (SSSR count). The van der Waals surface area contributed by atoms with E-state index in [-0.39, 0.29) is 16.7 Å². The number of halogens is 1. The summed E-state index contributed by atoms with van der Waals surface area (Å²) in [4.78, 5) is 10.5. The van der Waals surface area contributed by atoms with Crippen LogP contribution in [-0.4, -0.2) is 11.0 Å². The maximum atomic E-state index is 12.7. The van der Waals surface area contributed by atoms with Gasteiger partial charge in [-0.1, -0.05) is 25.1 Å². The second kappa shape index (κ2) is 5.39. The fourth-order valence-electron chi connectivity index (χ4n) is 1.73. The SMILES string of the molecule is C=CC(c1ccc(F)cc1)C(CC)[N+](=O)[O-]. The summed E-state index contributed by atoms with van der Waals surface area (Å²) in [5.41, 5.74) is 0.722. The minimum Gasteiger partial charge on any atom is -0.264 e. The molecule has 2 unspecified atom stereocenters. The quantitative estimate of drug-likeness (QED) is 0.437. The van der Waals surface area contributed by atoms with Crippen LogP contribution in [0, 0.1) is 15.9 Å². The first-order chi connectivity index (χ1) is 7.60. The highest BCUT2D eigenvalue weighted by molar-refractivity contribution is 5.25. The normalized spacial score (nSPS) is 14.1. The molecular weight excluding hydrogens is 209 g/mol. The van der Waals surface area contributed by atoms with Gasteiger partial charge in [0.05, 0.1) is 5.92 Å². The number of hydrogen-bond acceptors (Lipinski definition) is 2. The van der Waals surface area contributed by atoms with E-state index < -0.39 is 6.04 Å². The molecule has 0 saturated heterocycles. The van der Waals surface area contributed by atoms with Crippen LogP contribution in [0.2, 0.25) is 0 Å². The lowest BCUT2D eigenvalue weighted by Crippen LogP contribution is -2.25. The average Bonchev–Trinajstić information content (AvgIpc) is 2.26. The van der Waals surface area contributed by atoms with Gasteiger partial charge in [-0.25, -0.2) is 4.39 Å². The number of benzene rings is 1. The number of nitro groups is 1. The molecule has 0 heterocycles. The van der Waals surface area contributed by atoms with Crippen molar-refractivity contribution in [3.05, 3.63) is 58.4 Å². The van der Waals surface area contributed by atoms with E-state index in [1.54, 1.807) is 25.1 Å². The highest BCUT2D eigenvalue weighted by Gasteiger charge is 2.28. The lowest BCUT2D eigenvalue weighted by atomic mass is 9.90. The molecule has 1 aromatic carbocycles. The van der Waals surface area contributed by atoms with Gasteiger partial charge in [0.1, 0.15) is 5.82 Å². The predicted molar refractivity (Wildman–Crippen MR) is 60.4 cm³/mol. The topological polar surface area (TPSA) is 43.1 Å². The van der Waals surface area contributed by atoms with Gasteiger partial charge in [-0.15, -0.1) is 6.58 Å². The molecule has 0 fully saturated rings. The molecule has 0 saturated carbocycles. The van der Waals surface area contributed by atoms with Crippen LogP contribution in [-0.2, 0) is 0 Å². The maximum absolute atomic E-state index is 12.7. The largest absolute Gasteiger partial charge is 0.264 e. The first kappa shape index (κ1) is 12.4. The second-order valence-electron chi connectivity index (χ2n) is 3.57. The van der Waals surface area contributed by atoms with Crippen molar-refractivity contribution in [2.75, 3.05) is 0 Å². The van der Waals surface area contributed by atoms with Gasteiger partial charge in [0.2, 0.25) is 6.04 Å². The van der Waals surface area contributed by atoms with E-state index in [4.69, 9.17) is 0 Å². The number of hydrogen-bond donors (Lipinski definition) is 0. The summed E-state index contributed by atoms with van der Waals surface area (Å²) in [7, 11) is 0. The van der Waals surface area contributed by atoms with Crippen molar-refractivity contribution >= 4 is 0 Å². The van der Waals surface area contributed by atoms with Gasteiger partial charge in [-0.3, -0.25) is 10.1 Å². The fraction of sp³-hybridized carbons (Fsp3) is 0.333. The molecule has 0 aliphatic heterocycles. The summed E-state index contributed by atoms with van der Waals surface area (Å²) < 4.78 is 12.7. The van der Waals surface area contributed by atoms with Crippen LogP contribution in [0.25, 0.3) is 0 Å². The van der Waals surface area contributed by atoms with Crippen LogP contribution in [0.4, 0.5) is 4.39 Å². The zero-order chi connectivity index (χ0) is 12.1. The van der Waals surface area contributed by atoms with Crippen LogP contribution < -0.4 is 0 Å². The Kier molecular flexibility index (Phi) is 4.17. The molecule has 3 nitrogen and oxygen atoms in total. The van der Waals surface area contributed by atoms with Crippen LogP contribution in [0.1, 0.15) is 24.8 Å². The molecule has 0 aliphatic carbocycles. The smallest absolute Gasteiger partial charge is 0.223 e. The van der Waals surface area contributed by atoms with Gasteiger partial charge < -0.3 is 0 Å². The van der Waals surface area contributed by atoms with Gasteiger partial charge in [0.25, 0.3) is 0 Å². The van der Waals surface area contributed by atoms with Gasteiger partial charge in [0.15, 0.2) is 0 Å². The van der Waals surface area contributed by atoms with E-state index in [2.05, 4.69) is 6.58 Å². The molecule has 0 amide bonds. The molecule has 16 heavy (non-hydrogen) atoms. The highest BCUT2D eigenvalue weighted by Crippen LogP contribution is 2.25. The lowest BCUT2D eigenvalue weighted by Gasteiger charge is -2.16. The number of nitrogens with zero attached hydrogens (tertiary/aromatic N) is 1. The van der Waals surface area contributed by atoms with Crippen molar-refractivity contribution in [2.24, 2.45) is 0 Å². The minimum atomic E-state index is -0.706. The van der Waals surface area contributed by atoms with E-state index in [0.29, 0.717) is 6.42 Å². The minimum absolute atomic E-state index is 0.310. The number of rotatable bonds is 5. The molecule has 1 aromatic rings. The molecule has 0 bridgehead atoms. The molecule has 4 heteroatoms. The van der Waals surface area contributed by atoms with Crippen molar-refractivity contribution in [3.8, 4) is 0 Å². The molecular formula is C12H14FNO2. The summed E-state index contributed by atoms with van der Waals surface area (Å²) in [6.07, 6.45) is 1.96. The fourth-order valence-corrected chi connectivity index (χ4v) is 1.73. The van der Waals surface area contributed by atoms with E-state index in [1.807, 2.05) is 0 Å². The van der Waals surface area contributed by atoms with Crippen LogP contribution in [0.15, 0.2) is 36.9 Å². The molecule has 0 spiro atoms. The Labute approximate surface area is 93.7 Å². The van der Waals surface area contributed by atoms with E-state index in [1.165, 1.54) is 12.1 Å².